The Morgan fingerprint density at radius 3 is 2.95 bits per heavy atom. The number of fused-ring (bicyclic) bond motifs is 1. The fourth-order valence-electron chi connectivity index (χ4n) is 1.96. The van der Waals surface area contributed by atoms with Crippen LogP contribution in [0.5, 0.6) is 0 Å². The summed E-state index contributed by atoms with van der Waals surface area (Å²) in [6.07, 6.45) is 3.26. The normalized spacial score (nSPS) is 11.0. The average molecular weight is 255 g/mol. The Bertz CT molecular complexity index is 773. The van der Waals surface area contributed by atoms with Gasteiger partial charge in [0, 0.05) is 6.42 Å². The minimum atomic E-state index is -0.166. The molecule has 1 N–H and O–H groups in total. The van der Waals surface area contributed by atoms with Gasteiger partial charge in [0.15, 0.2) is 11.7 Å². The van der Waals surface area contributed by atoms with Crippen molar-refractivity contribution in [1.82, 2.24) is 15.0 Å². The van der Waals surface area contributed by atoms with Crippen LogP contribution in [0.1, 0.15) is 19.2 Å². The third-order valence-corrected chi connectivity index (χ3v) is 2.87. The molecule has 0 saturated heterocycles. The van der Waals surface area contributed by atoms with Crippen molar-refractivity contribution in [2.45, 2.75) is 19.8 Å². The summed E-state index contributed by atoms with van der Waals surface area (Å²) in [5, 5.41) is 0.573. The van der Waals surface area contributed by atoms with Crippen LogP contribution >= 0.6 is 0 Å². The number of hydrogen-bond acceptors (Lipinski definition) is 4. The van der Waals surface area contributed by atoms with E-state index in [1.807, 2.05) is 12.1 Å². The molecule has 0 aliphatic rings. The number of aromatic nitrogens is 3. The summed E-state index contributed by atoms with van der Waals surface area (Å²) in [5.41, 5.74) is 1.05. The van der Waals surface area contributed by atoms with Crippen molar-refractivity contribution >= 4 is 10.9 Å². The van der Waals surface area contributed by atoms with E-state index in [2.05, 4.69) is 21.9 Å². The Balaban J connectivity index is 2.11. The van der Waals surface area contributed by atoms with Gasteiger partial charge in [0.2, 0.25) is 0 Å². The molecule has 0 bridgehead atoms. The molecule has 0 amide bonds. The Morgan fingerprint density at radius 1 is 1.26 bits per heavy atom. The molecular weight excluding hydrogens is 242 g/mol. The number of nitrogens with zero attached hydrogens (tertiary/aromatic N) is 2. The molecule has 0 radical (unpaired) electrons. The van der Waals surface area contributed by atoms with Gasteiger partial charge in [0.25, 0.3) is 5.56 Å². The summed E-state index contributed by atoms with van der Waals surface area (Å²) in [6.45, 7) is 2.06. The predicted octanol–water partition coefficient (Wildman–Crippen LogP) is 2.53. The predicted molar refractivity (Wildman–Crippen MR) is 71.9 cm³/mol. The van der Waals surface area contributed by atoms with Crippen LogP contribution in [0.25, 0.3) is 22.4 Å². The summed E-state index contributed by atoms with van der Waals surface area (Å²) in [6, 6.07) is 7.22. The fourth-order valence-corrected chi connectivity index (χ4v) is 1.96. The summed E-state index contributed by atoms with van der Waals surface area (Å²) in [4.78, 5) is 23.4. The number of hydrogen-bond donors (Lipinski definition) is 1. The van der Waals surface area contributed by atoms with Crippen molar-refractivity contribution in [1.29, 1.82) is 0 Å². The maximum Gasteiger partial charge on any atom is 0.259 e. The molecule has 0 atom stereocenters. The maximum absolute atomic E-state index is 12.0. The van der Waals surface area contributed by atoms with Crippen LogP contribution in [0, 0.1) is 0 Å². The smallest absolute Gasteiger partial charge is 0.259 e. The Labute approximate surface area is 109 Å². The molecule has 0 saturated carbocycles. The summed E-state index contributed by atoms with van der Waals surface area (Å²) < 4.78 is 5.34. The van der Waals surface area contributed by atoms with E-state index < -0.39 is 0 Å². The van der Waals surface area contributed by atoms with Crippen LogP contribution in [0.4, 0.5) is 0 Å². The number of aryl methyl sites for hydroxylation is 1. The minimum absolute atomic E-state index is 0.166. The van der Waals surface area contributed by atoms with Crippen LogP contribution in [0.3, 0.4) is 0 Å². The van der Waals surface area contributed by atoms with E-state index in [-0.39, 0.29) is 5.56 Å². The number of rotatable bonds is 3. The minimum Gasteiger partial charge on any atom is -0.448 e. The molecule has 0 spiro atoms. The van der Waals surface area contributed by atoms with E-state index in [1.54, 1.807) is 12.1 Å². The molecule has 3 aromatic rings. The van der Waals surface area contributed by atoms with Crippen LogP contribution in [-0.2, 0) is 6.42 Å². The van der Waals surface area contributed by atoms with E-state index in [0.29, 0.717) is 28.3 Å². The lowest BCUT2D eigenvalue weighted by molar-refractivity contribution is 0.491. The van der Waals surface area contributed by atoms with Crippen molar-refractivity contribution in [3.8, 4) is 11.5 Å². The highest BCUT2D eigenvalue weighted by Gasteiger charge is 2.10. The molecule has 2 aromatic heterocycles. The molecular formula is C14H13N3O2. The lowest BCUT2D eigenvalue weighted by Gasteiger charge is -1.99. The van der Waals surface area contributed by atoms with Crippen molar-refractivity contribution in [3.05, 3.63) is 46.8 Å². The van der Waals surface area contributed by atoms with Crippen molar-refractivity contribution in [3.63, 3.8) is 0 Å². The van der Waals surface area contributed by atoms with Crippen LogP contribution < -0.4 is 5.56 Å². The van der Waals surface area contributed by atoms with Gasteiger partial charge in [-0.3, -0.25) is 4.79 Å². The van der Waals surface area contributed by atoms with E-state index >= 15 is 0 Å². The Hall–Kier alpha value is -2.43. The molecule has 5 nitrogen and oxygen atoms in total. The van der Waals surface area contributed by atoms with Gasteiger partial charge in [-0.15, -0.1) is 0 Å². The average Bonchev–Trinajstić information content (AvgIpc) is 2.88. The zero-order chi connectivity index (χ0) is 13.2. The largest absolute Gasteiger partial charge is 0.448 e. The highest BCUT2D eigenvalue weighted by Crippen LogP contribution is 2.16. The molecule has 3 rings (SSSR count). The topological polar surface area (TPSA) is 71.8 Å². The maximum atomic E-state index is 12.0. The molecule has 0 fully saturated rings. The lowest BCUT2D eigenvalue weighted by Crippen LogP contribution is -2.09. The first-order valence-electron chi connectivity index (χ1n) is 6.22. The number of benzene rings is 1. The standard InChI is InChI=1S/C14H13N3O2/c1-2-5-12-15-11(8-19-12)13-16-10-7-4-3-6-9(10)14(18)17-13/h3-4,6-8H,2,5H2,1H3,(H,16,17,18). The van der Waals surface area contributed by atoms with Gasteiger partial charge in [0.05, 0.1) is 10.9 Å². The van der Waals surface area contributed by atoms with E-state index in [9.17, 15) is 4.79 Å². The van der Waals surface area contributed by atoms with Gasteiger partial charge in [-0.2, -0.15) is 0 Å². The van der Waals surface area contributed by atoms with Gasteiger partial charge in [0.1, 0.15) is 12.0 Å². The fraction of sp³-hybridized carbons (Fsp3) is 0.214. The lowest BCUT2D eigenvalue weighted by atomic mass is 10.2. The molecule has 2 heterocycles. The highest BCUT2D eigenvalue weighted by molar-refractivity contribution is 5.78. The SMILES string of the molecule is CCCc1nc(-c2nc3ccccc3c(=O)[nH]2)co1. The number of H-pyrrole nitrogens is 1. The number of para-hydroxylation sites is 1. The summed E-state index contributed by atoms with van der Waals surface area (Å²) in [5.74, 6) is 1.10. The molecule has 0 aliphatic heterocycles. The van der Waals surface area contributed by atoms with Crippen LogP contribution in [-0.4, -0.2) is 15.0 Å². The monoisotopic (exact) mass is 255 g/mol. The number of nitrogens with one attached hydrogen (secondary N) is 1. The zero-order valence-electron chi connectivity index (χ0n) is 10.5. The first-order chi connectivity index (χ1) is 9.28. The highest BCUT2D eigenvalue weighted by atomic mass is 16.3. The number of aromatic amines is 1. The van der Waals surface area contributed by atoms with Gasteiger partial charge >= 0.3 is 0 Å². The van der Waals surface area contributed by atoms with Crippen molar-refractivity contribution in [2.24, 2.45) is 0 Å². The van der Waals surface area contributed by atoms with Gasteiger partial charge in [-0.25, -0.2) is 9.97 Å². The van der Waals surface area contributed by atoms with E-state index in [0.717, 1.165) is 12.8 Å². The second kappa shape index (κ2) is 4.68. The van der Waals surface area contributed by atoms with Crippen molar-refractivity contribution in [2.75, 3.05) is 0 Å². The quantitative estimate of drug-likeness (QED) is 0.780. The van der Waals surface area contributed by atoms with Gasteiger partial charge < -0.3 is 9.40 Å². The number of oxazole rings is 1. The van der Waals surface area contributed by atoms with E-state index in [1.165, 1.54) is 6.26 Å². The first-order valence-corrected chi connectivity index (χ1v) is 6.22. The summed E-state index contributed by atoms with van der Waals surface area (Å²) in [7, 11) is 0. The Morgan fingerprint density at radius 2 is 2.11 bits per heavy atom. The van der Waals surface area contributed by atoms with Gasteiger partial charge in [-0.05, 0) is 18.6 Å². The zero-order valence-corrected chi connectivity index (χ0v) is 10.5. The molecule has 5 heteroatoms. The Kier molecular flexibility index (Phi) is 2.87. The third-order valence-electron chi connectivity index (χ3n) is 2.87. The van der Waals surface area contributed by atoms with Crippen LogP contribution in [0.15, 0.2) is 39.7 Å². The van der Waals surface area contributed by atoms with Crippen LogP contribution in [0.2, 0.25) is 0 Å². The summed E-state index contributed by atoms with van der Waals surface area (Å²) >= 11 is 0. The molecule has 1 aromatic carbocycles. The molecule has 19 heavy (non-hydrogen) atoms. The van der Waals surface area contributed by atoms with Gasteiger partial charge in [-0.1, -0.05) is 19.1 Å². The second-order valence-electron chi connectivity index (χ2n) is 4.31. The second-order valence-corrected chi connectivity index (χ2v) is 4.31. The molecule has 96 valence electrons. The first kappa shape index (κ1) is 11.6. The van der Waals surface area contributed by atoms with Crippen molar-refractivity contribution < 1.29 is 4.42 Å². The van der Waals surface area contributed by atoms with E-state index in [4.69, 9.17) is 4.42 Å². The molecule has 0 unspecified atom stereocenters. The molecule has 0 aliphatic carbocycles. The third kappa shape index (κ3) is 2.14.